The predicted molar refractivity (Wildman–Crippen MR) is 64.6 cm³/mol. The second kappa shape index (κ2) is 4.91. The normalized spacial score (nSPS) is 10.5. The topological polar surface area (TPSA) is 47.8 Å². The molecular weight excluding hydrogens is 214 g/mol. The number of Topliss-reactive ketones (excluding diaryl/α,β-unsaturated/α-hetero) is 1. The molecule has 0 saturated carbocycles. The quantitative estimate of drug-likeness (QED) is 0.801. The number of hydrogen-bond acceptors (Lipinski definition) is 3. The fourth-order valence-corrected chi connectivity index (χ4v) is 1.76. The molecular formula is C13H15N3O. The van der Waals surface area contributed by atoms with Gasteiger partial charge in [0.1, 0.15) is 18.2 Å². The van der Waals surface area contributed by atoms with Gasteiger partial charge in [0, 0.05) is 6.42 Å². The highest BCUT2D eigenvalue weighted by atomic mass is 16.1. The van der Waals surface area contributed by atoms with Crippen molar-refractivity contribution in [3.8, 4) is 0 Å². The van der Waals surface area contributed by atoms with E-state index < -0.39 is 0 Å². The maximum atomic E-state index is 11.9. The third-order valence-electron chi connectivity index (χ3n) is 2.53. The lowest BCUT2D eigenvalue weighted by Gasteiger charge is -2.02. The van der Waals surface area contributed by atoms with Crippen molar-refractivity contribution in [2.75, 3.05) is 0 Å². The standard InChI is InChI=1S/C13H15N3O/c1-10-14-11(2)16(15-10)9-13(17)8-12-6-4-3-5-7-12/h3-7H,8-9H2,1-2H3. The van der Waals surface area contributed by atoms with Crippen LogP contribution >= 0.6 is 0 Å². The molecule has 2 aromatic rings. The van der Waals surface area contributed by atoms with E-state index in [1.165, 1.54) is 0 Å². The summed E-state index contributed by atoms with van der Waals surface area (Å²) in [5.41, 5.74) is 1.03. The molecule has 4 heteroatoms. The SMILES string of the molecule is Cc1nc(C)n(CC(=O)Cc2ccccc2)n1. The molecule has 4 nitrogen and oxygen atoms in total. The van der Waals surface area contributed by atoms with Crippen molar-refractivity contribution in [2.45, 2.75) is 26.8 Å². The minimum Gasteiger partial charge on any atom is -0.297 e. The average molecular weight is 229 g/mol. The van der Waals surface area contributed by atoms with Crippen LogP contribution < -0.4 is 0 Å². The van der Waals surface area contributed by atoms with Crippen molar-refractivity contribution in [3.63, 3.8) is 0 Å². The molecule has 1 aromatic carbocycles. The molecule has 17 heavy (non-hydrogen) atoms. The van der Waals surface area contributed by atoms with E-state index >= 15 is 0 Å². The van der Waals surface area contributed by atoms with E-state index in [0.29, 0.717) is 18.8 Å². The van der Waals surface area contributed by atoms with Gasteiger partial charge in [-0.05, 0) is 19.4 Å². The molecule has 2 rings (SSSR count). The van der Waals surface area contributed by atoms with E-state index in [-0.39, 0.29) is 5.78 Å². The minimum atomic E-state index is 0.143. The summed E-state index contributed by atoms with van der Waals surface area (Å²) >= 11 is 0. The Morgan fingerprint density at radius 2 is 1.94 bits per heavy atom. The predicted octanol–water partition coefficient (Wildman–Crippen LogP) is 1.71. The molecule has 0 amide bonds. The second-order valence-electron chi connectivity index (χ2n) is 4.06. The molecule has 0 fully saturated rings. The van der Waals surface area contributed by atoms with Gasteiger partial charge in [0.2, 0.25) is 0 Å². The smallest absolute Gasteiger partial charge is 0.158 e. The molecule has 1 heterocycles. The van der Waals surface area contributed by atoms with Gasteiger partial charge in [-0.25, -0.2) is 9.67 Å². The van der Waals surface area contributed by atoms with E-state index in [2.05, 4.69) is 10.1 Å². The van der Waals surface area contributed by atoms with Crippen molar-refractivity contribution >= 4 is 5.78 Å². The van der Waals surface area contributed by atoms with Crippen LogP contribution in [0.1, 0.15) is 17.2 Å². The summed E-state index contributed by atoms with van der Waals surface area (Å²) in [5.74, 6) is 1.63. The Balaban J connectivity index is 2.01. The largest absolute Gasteiger partial charge is 0.297 e. The fourth-order valence-electron chi connectivity index (χ4n) is 1.76. The number of carbonyl (C=O) groups excluding carboxylic acids is 1. The molecule has 0 aliphatic rings. The highest BCUT2D eigenvalue weighted by molar-refractivity contribution is 5.80. The van der Waals surface area contributed by atoms with Gasteiger partial charge >= 0.3 is 0 Å². The number of aryl methyl sites for hydroxylation is 2. The summed E-state index contributed by atoms with van der Waals surface area (Å²) in [6, 6.07) is 9.73. The number of nitrogens with zero attached hydrogens (tertiary/aromatic N) is 3. The van der Waals surface area contributed by atoms with Crippen molar-refractivity contribution < 1.29 is 4.79 Å². The van der Waals surface area contributed by atoms with Crippen molar-refractivity contribution in [1.82, 2.24) is 14.8 Å². The molecule has 0 saturated heterocycles. The Kier molecular flexibility index (Phi) is 3.32. The van der Waals surface area contributed by atoms with Crippen LogP contribution in [0, 0.1) is 13.8 Å². The van der Waals surface area contributed by atoms with E-state index in [1.807, 2.05) is 44.2 Å². The first kappa shape index (κ1) is 11.5. The van der Waals surface area contributed by atoms with Crippen LogP contribution in [-0.2, 0) is 17.8 Å². The number of carbonyl (C=O) groups is 1. The highest BCUT2D eigenvalue weighted by Crippen LogP contribution is 2.02. The van der Waals surface area contributed by atoms with Gasteiger partial charge in [-0.15, -0.1) is 0 Å². The minimum absolute atomic E-state index is 0.143. The number of aromatic nitrogens is 3. The molecule has 0 aliphatic heterocycles. The first-order valence-electron chi connectivity index (χ1n) is 5.59. The molecule has 0 atom stereocenters. The Morgan fingerprint density at radius 3 is 2.53 bits per heavy atom. The summed E-state index contributed by atoms with van der Waals surface area (Å²) in [4.78, 5) is 16.0. The zero-order valence-corrected chi connectivity index (χ0v) is 10.1. The molecule has 88 valence electrons. The zero-order chi connectivity index (χ0) is 12.3. The maximum Gasteiger partial charge on any atom is 0.158 e. The van der Waals surface area contributed by atoms with Crippen LogP contribution in [-0.4, -0.2) is 20.5 Å². The fraction of sp³-hybridized carbons (Fsp3) is 0.308. The maximum absolute atomic E-state index is 11.9. The van der Waals surface area contributed by atoms with Gasteiger partial charge in [0.05, 0.1) is 0 Å². The molecule has 0 aliphatic carbocycles. The highest BCUT2D eigenvalue weighted by Gasteiger charge is 2.08. The van der Waals surface area contributed by atoms with E-state index in [1.54, 1.807) is 4.68 Å². The number of rotatable bonds is 4. The van der Waals surface area contributed by atoms with Gasteiger partial charge in [-0.2, -0.15) is 5.10 Å². The van der Waals surface area contributed by atoms with Crippen LogP contribution in [0.25, 0.3) is 0 Å². The van der Waals surface area contributed by atoms with E-state index in [9.17, 15) is 4.79 Å². The third-order valence-corrected chi connectivity index (χ3v) is 2.53. The lowest BCUT2D eigenvalue weighted by atomic mass is 10.1. The van der Waals surface area contributed by atoms with Gasteiger partial charge in [0.15, 0.2) is 5.78 Å². The number of hydrogen-bond donors (Lipinski definition) is 0. The number of ketones is 1. The van der Waals surface area contributed by atoms with Gasteiger partial charge in [-0.1, -0.05) is 30.3 Å². The van der Waals surface area contributed by atoms with Gasteiger partial charge in [-0.3, -0.25) is 4.79 Å². The van der Waals surface area contributed by atoms with Crippen LogP contribution in [0.4, 0.5) is 0 Å². The summed E-state index contributed by atoms with van der Waals surface area (Å²) < 4.78 is 1.65. The second-order valence-corrected chi connectivity index (χ2v) is 4.06. The van der Waals surface area contributed by atoms with Gasteiger partial charge < -0.3 is 0 Å². The Hall–Kier alpha value is -1.97. The summed E-state index contributed by atoms with van der Waals surface area (Å²) in [7, 11) is 0. The first-order chi connectivity index (χ1) is 8.15. The first-order valence-corrected chi connectivity index (χ1v) is 5.59. The third kappa shape index (κ3) is 3.00. The summed E-state index contributed by atoms with van der Waals surface area (Å²) in [6.07, 6.45) is 0.444. The zero-order valence-electron chi connectivity index (χ0n) is 10.1. The van der Waals surface area contributed by atoms with Crippen LogP contribution in [0.3, 0.4) is 0 Å². The lowest BCUT2D eigenvalue weighted by molar-refractivity contribution is -0.119. The van der Waals surface area contributed by atoms with Crippen molar-refractivity contribution in [2.24, 2.45) is 0 Å². The summed E-state index contributed by atoms with van der Waals surface area (Å²) in [5, 5.41) is 4.18. The Bertz CT molecular complexity index is 517. The monoisotopic (exact) mass is 229 g/mol. The lowest BCUT2D eigenvalue weighted by Crippen LogP contribution is -2.15. The molecule has 0 N–H and O–H groups in total. The number of benzene rings is 1. The van der Waals surface area contributed by atoms with Crippen LogP contribution in [0.5, 0.6) is 0 Å². The van der Waals surface area contributed by atoms with Crippen LogP contribution in [0.15, 0.2) is 30.3 Å². The Labute approximate surface area is 100 Å². The van der Waals surface area contributed by atoms with Gasteiger partial charge in [0.25, 0.3) is 0 Å². The average Bonchev–Trinajstić information content (AvgIpc) is 2.58. The molecule has 0 unspecified atom stereocenters. The Morgan fingerprint density at radius 1 is 1.24 bits per heavy atom. The molecule has 1 aromatic heterocycles. The summed E-state index contributed by atoms with van der Waals surface area (Å²) in [6.45, 7) is 3.97. The van der Waals surface area contributed by atoms with Crippen molar-refractivity contribution in [1.29, 1.82) is 0 Å². The van der Waals surface area contributed by atoms with E-state index in [4.69, 9.17) is 0 Å². The molecule has 0 spiro atoms. The van der Waals surface area contributed by atoms with Crippen LogP contribution in [0.2, 0.25) is 0 Å². The van der Waals surface area contributed by atoms with Crippen molar-refractivity contribution in [3.05, 3.63) is 47.5 Å². The molecule has 0 radical (unpaired) electrons. The molecule has 0 bridgehead atoms. The van der Waals surface area contributed by atoms with E-state index in [0.717, 1.165) is 11.4 Å².